The summed E-state index contributed by atoms with van der Waals surface area (Å²) in [6.07, 6.45) is 3.53. The summed E-state index contributed by atoms with van der Waals surface area (Å²) in [5, 5.41) is 0. The molecule has 0 radical (unpaired) electrons. The average molecular weight is 496 g/mol. The van der Waals surface area contributed by atoms with Gasteiger partial charge in [-0.1, -0.05) is 0 Å². The summed E-state index contributed by atoms with van der Waals surface area (Å²) in [5.74, 6) is 0. The second-order valence-corrected chi connectivity index (χ2v) is 19.6. The summed E-state index contributed by atoms with van der Waals surface area (Å²) < 4.78 is 16.7. The van der Waals surface area contributed by atoms with Crippen LogP contribution in [0.2, 0.25) is 0 Å². The first-order valence-corrected chi connectivity index (χ1v) is 15.4. The van der Waals surface area contributed by atoms with Crippen molar-refractivity contribution in [2.24, 2.45) is 0 Å². The molecule has 0 aliphatic heterocycles. The molecule has 0 fully saturated rings. The topological polar surface area (TPSA) is 26.3 Å². The molecule has 0 atom stereocenters. The molecule has 0 bridgehead atoms. The number of furan rings is 2. The van der Waals surface area contributed by atoms with E-state index in [-0.39, 0.29) is 0 Å². The van der Waals surface area contributed by atoms with Gasteiger partial charge in [0.1, 0.15) is 0 Å². The number of hydrogen-bond acceptors (Lipinski definition) is 2. The fraction of sp³-hybridized carbons (Fsp3) is 0. The third-order valence-electron chi connectivity index (χ3n) is 4.20. The van der Waals surface area contributed by atoms with Crippen LogP contribution in [0.3, 0.4) is 0 Å². The Morgan fingerprint density at radius 2 is 0.913 bits per heavy atom. The number of rotatable bonds is 4. The zero-order chi connectivity index (χ0) is 15.5. The Morgan fingerprint density at radius 1 is 0.478 bits per heavy atom. The summed E-state index contributed by atoms with van der Waals surface area (Å²) in [6.45, 7) is 0. The van der Waals surface area contributed by atoms with E-state index in [1.54, 1.807) is 12.5 Å². The van der Waals surface area contributed by atoms with Crippen molar-refractivity contribution in [3.63, 3.8) is 0 Å². The van der Waals surface area contributed by atoms with E-state index in [2.05, 4.69) is 72.8 Å². The molecule has 0 aliphatic carbocycles. The second kappa shape index (κ2) is 6.20. The molecule has 2 heterocycles. The van der Waals surface area contributed by atoms with Crippen molar-refractivity contribution in [1.29, 1.82) is 0 Å². The van der Waals surface area contributed by atoms with Gasteiger partial charge < -0.3 is 0 Å². The van der Waals surface area contributed by atoms with Gasteiger partial charge in [0.15, 0.2) is 0 Å². The Kier molecular flexibility index (Phi) is 3.91. The van der Waals surface area contributed by atoms with Crippen molar-refractivity contribution in [2.75, 3.05) is 0 Å². The van der Waals surface area contributed by atoms with Gasteiger partial charge in [0, 0.05) is 0 Å². The molecule has 0 spiro atoms. The van der Waals surface area contributed by atoms with Crippen molar-refractivity contribution in [2.45, 2.75) is 0 Å². The van der Waals surface area contributed by atoms with E-state index < -0.39 is 21.2 Å². The van der Waals surface area contributed by atoms with Crippen LogP contribution in [-0.2, 0) is 0 Å². The molecular formula is C20H16O2Pb. The normalized spacial score (nSPS) is 11.5. The van der Waals surface area contributed by atoms with Gasteiger partial charge in [-0.15, -0.1) is 0 Å². The van der Waals surface area contributed by atoms with E-state index >= 15 is 0 Å². The maximum atomic E-state index is 5.97. The van der Waals surface area contributed by atoms with E-state index in [4.69, 9.17) is 8.83 Å². The van der Waals surface area contributed by atoms with Gasteiger partial charge in [0.05, 0.1) is 0 Å². The Hall–Kier alpha value is -2.08. The van der Waals surface area contributed by atoms with Crippen LogP contribution in [-0.4, -0.2) is 21.2 Å². The van der Waals surface area contributed by atoms with Crippen molar-refractivity contribution >= 4 is 34.1 Å². The molecule has 112 valence electrons. The SMILES string of the molecule is c1cc[c]([Pb]([c]2ccccc2)([c]2ccco2)[c]2ccco2)cc1. The molecule has 2 aromatic carbocycles. The van der Waals surface area contributed by atoms with Gasteiger partial charge in [0.25, 0.3) is 0 Å². The molecule has 23 heavy (non-hydrogen) atoms. The fourth-order valence-electron chi connectivity index (χ4n) is 3.22. The molecule has 4 aromatic rings. The Bertz CT molecular complexity index is 775. The van der Waals surface area contributed by atoms with Crippen LogP contribution in [0, 0.1) is 0 Å². The van der Waals surface area contributed by atoms with E-state index in [1.807, 2.05) is 12.1 Å². The summed E-state index contributed by atoms with van der Waals surface area (Å²) in [5.41, 5.74) is 0. The molecule has 0 N–H and O–H groups in total. The predicted octanol–water partition coefficient (Wildman–Crippen LogP) is 2.25. The second-order valence-electron chi connectivity index (χ2n) is 5.44. The molecule has 0 amide bonds. The van der Waals surface area contributed by atoms with E-state index in [0.29, 0.717) is 0 Å². The van der Waals surface area contributed by atoms with Crippen molar-refractivity contribution in [3.8, 4) is 0 Å². The van der Waals surface area contributed by atoms with Gasteiger partial charge in [-0.2, -0.15) is 0 Å². The molecule has 0 saturated heterocycles. The van der Waals surface area contributed by atoms with Crippen LogP contribution < -0.4 is 12.9 Å². The van der Waals surface area contributed by atoms with Crippen molar-refractivity contribution in [3.05, 3.63) is 97.5 Å². The van der Waals surface area contributed by atoms with Gasteiger partial charge >= 0.3 is 140 Å². The van der Waals surface area contributed by atoms with Crippen LogP contribution in [0.25, 0.3) is 0 Å². The maximum absolute atomic E-state index is 5.97. The molecule has 2 nitrogen and oxygen atoms in total. The third kappa shape index (κ3) is 2.37. The Balaban J connectivity index is 2.11. The van der Waals surface area contributed by atoms with E-state index in [0.717, 1.165) is 6.64 Å². The van der Waals surface area contributed by atoms with Crippen LogP contribution >= 0.6 is 0 Å². The van der Waals surface area contributed by atoms with Crippen molar-refractivity contribution < 1.29 is 8.83 Å². The average Bonchev–Trinajstić information content (AvgIpc) is 3.32. The summed E-state index contributed by atoms with van der Waals surface area (Å²) >= 11 is -3.69. The molecule has 4 rings (SSSR count). The van der Waals surface area contributed by atoms with Gasteiger partial charge in [-0.3, -0.25) is 0 Å². The van der Waals surface area contributed by atoms with E-state index in [1.165, 1.54) is 6.25 Å². The molecule has 0 unspecified atom stereocenters. The zero-order valence-corrected chi connectivity index (χ0v) is 16.4. The van der Waals surface area contributed by atoms with Gasteiger partial charge in [-0.05, 0) is 0 Å². The minimum absolute atomic E-state index is 1.06. The molecular weight excluding hydrogens is 479 g/mol. The van der Waals surface area contributed by atoms with Crippen LogP contribution in [0.15, 0.2) is 106 Å². The van der Waals surface area contributed by atoms with Gasteiger partial charge in [-0.25, -0.2) is 0 Å². The van der Waals surface area contributed by atoms with Crippen LogP contribution in [0.5, 0.6) is 0 Å². The molecule has 0 saturated carbocycles. The van der Waals surface area contributed by atoms with Crippen LogP contribution in [0.4, 0.5) is 0 Å². The van der Waals surface area contributed by atoms with Crippen molar-refractivity contribution in [1.82, 2.24) is 0 Å². The first kappa shape index (κ1) is 14.5. The zero-order valence-electron chi connectivity index (χ0n) is 12.6. The first-order chi connectivity index (χ1) is 11.4. The van der Waals surface area contributed by atoms with E-state index in [9.17, 15) is 0 Å². The Morgan fingerprint density at radius 3 is 1.26 bits per heavy atom. The third-order valence-corrected chi connectivity index (χ3v) is 21.5. The standard InChI is InChI=1S/2C6H5.2C4H3O.Pb/c2*1-2-4-6-5-3-1;2*1-2-4-5-3-1;/h2*1-5H;2*1-3H;. The molecule has 3 heteroatoms. The monoisotopic (exact) mass is 496 g/mol. The molecule has 2 aromatic heterocycles. The quantitative estimate of drug-likeness (QED) is 0.406. The molecule has 0 aliphatic rings. The van der Waals surface area contributed by atoms with Crippen LogP contribution in [0.1, 0.15) is 0 Å². The Labute approximate surface area is 140 Å². The summed E-state index contributed by atoms with van der Waals surface area (Å²) in [7, 11) is 0. The summed E-state index contributed by atoms with van der Waals surface area (Å²) in [4.78, 5) is 0. The van der Waals surface area contributed by atoms with Gasteiger partial charge in [0.2, 0.25) is 0 Å². The fourth-order valence-corrected chi connectivity index (χ4v) is 19.9. The summed E-state index contributed by atoms with van der Waals surface area (Å²) in [6, 6.07) is 29.5. The first-order valence-electron chi connectivity index (χ1n) is 7.61. The number of benzene rings is 2. The minimum atomic E-state index is -3.69. The predicted molar refractivity (Wildman–Crippen MR) is 94.6 cm³/mol. The number of hydrogen-bond donors (Lipinski definition) is 0.